The lowest BCUT2D eigenvalue weighted by molar-refractivity contribution is 0.0529. The predicted molar refractivity (Wildman–Crippen MR) is 115 cm³/mol. The molecule has 2 heterocycles. The van der Waals surface area contributed by atoms with E-state index in [2.05, 4.69) is 33.2 Å². The number of halogens is 1. The van der Waals surface area contributed by atoms with E-state index in [0.717, 1.165) is 17.5 Å². The molecule has 1 N–H and O–H groups in total. The third-order valence-electron chi connectivity index (χ3n) is 4.14. The summed E-state index contributed by atoms with van der Waals surface area (Å²) in [5, 5.41) is 5.14. The molecule has 3 rings (SSSR count). The van der Waals surface area contributed by atoms with Gasteiger partial charge in [-0.2, -0.15) is 0 Å². The number of thiophene rings is 1. The number of nitrogens with zero attached hydrogens (tertiary/aromatic N) is 1. The first kappa shape index (κ1) is 20.2. The van der Waals surface area contributed by atoms with Gasteiger partial charge in [-0.25, -0.2) is 4.79 Å². The number of rotatable bonds is 6. The molecule has 0 saturated carbocycles. The molecule has 0 unspecified atom stereocenters. The number of ether oxygens (including phenoxy) is 1. The van der Waals surface area contributed by atoms with Crippen LogP contribution in [0, 0.1) is 0 Å². The number of esters is 1. The Balaban J connectivity index is 1.97. The van der Waals surface area contributed by atoms with Gasteiger partial charge < -0.3 is 10.1 Å². The van der Waals surface area contributed by atoms with Crippen molar-refractivity contribution >= 4 is 44.1 Å². The highest BCUT2D eigenvalue weighted by atomic mass is 79.9. The first-order chi connectivity index (χ1) is 13.5. The molecule has 0 spiro atoms. The Kier molecular flexibility index (Phi) is 6.59. The monoisotopic (exact) mass is 458 g/mol. The van der Waals surface area contributed by atoms with Crippen molar-refractivity contribution < 1.29 is 14.3 Å². The first-order valence-corrected chi connectivity index (χ1v) is 10.5. The van der Waals surface area contributed by atoms with Crippen LogP contribution in [-0.4, -0.2) is 23.5 Å². The number of benzene rings is 1. The largest absolute Gasteiger partial charge is 0.462 e. The molecule has 0 aliphatic heterocycles. The van der Waals surface area contributed by atoms with Crippen LogP contribution in [0.1, 0.15) is 40.1 Å². The fraction of sp³-hybridized carbons (Fsp3) is 0.190. The van der Waals surface area contributed by atoms with Gasteiger partial charge in [-0.1, -0.05) is 31.2 Å². The van der Waals surface area contributed by atoms with Gasteiger partial charge in [0, 0.05) is 27.8 Å². The summed E-state index contributed by atoms with van der Waals surface area (Å²) in [5.74, 6) is -0.796. The van der Waals surface area contributed by atoms with Gasteiger partial charge in [0.05, 0.1) is 12.2 Å². The number of nitrogens with one attached hydrogen (secondary N) is 1. The minimum atomic E-state index is -0.457. The van der Waals surface area contributed by atoms with Crippen molar-refractivity contribution in [2.24, 2.45) is 0 Å². The molecule has 1 amide bonds. The lowest BCUT2D eigenvalue weighted by Crippen LogP contribution is -2.15. The molecule has 0 saturated heterocycles. The van der Waals surface area contributed by atoms with Gasteiger partial charge in [-0.05, 0) is 46.5 Å². The molecule has 0 aliphatic rings. The third kappa shape index (κ3) is 4.48. The Morgan fingerprint density at radius 3 is 2.57 bits per heavy atom. The van der Waals surface area contributed by atoms with Crippen LogP contribution in [0.5, 0.6) is 0 Å². The van der Waals surface area contributed by atoms with Crippen LogP contribution in [0.25, 0.3) is 11.1 Å². The number of carbonyl (C=O) groups excluding carboxylic acids is 2. The van der Waals surface area contributed by atoms with E-state index in [0.29, 0.717) is 20.6 Å². The molecule has 7 heteroatoms. The second-order valence-corrected chi connectivity index (χ2v) is 7.77. The van der Waals surface area contributed by atoms with Crippen LogP contribution in [-0.2, 0) is 11.2 Å². The molecule has 0 radical (unpaired) electrons. The maximum atomic E-state index is 12.6. The van der Waals surface area contributed by atoms with Crippen LogP contribution >= 0.6 is 27.3 Å². The van der Waals surface area contributed by atoms with E-state index in [-0.39, 0.29) is 12.5 Å². The third-order valence-corrected chi connectivity index (χ3v) is 5.47. The van der Waals surface area contributed by atoms with Gasteiger partial charge >= 0.3 is 5.97 Å². The van der Waals surface area contributed by atoms with Crippen molar-refractivity contribution in [2.75, 3.05) is 11.9 Å². The molecule has 5 nitrogen and oxygen atoms in total. The number of anilines is 1. The zero-order chi connectivity index (χ0) is 20.1. The SMILES string of the molecule is CCOC(=O)c1c(-c2ccc(CC)cc2)csc1NC(=O)c1cncc(Br)c1. The van der Waals surface area contributed by atoms with E-state index in [1.807, 2.05) is 29.6 Å². The number of carbonyl (C=O) groups is 2. The number of hydrogen-bond donors (Lipinski definition) is 1. The summed E-state index contributed by atoms with van der Waals surface area (Å²) in [6.45, 7) is 4.10. The fourth-order valence-corrected chi connectivity index (χ4v) is 4.02. The van der Waals surface area contributed by atoms with Gasteiger partial charge in [0.2, 0.25) is 0 Å². The second kappa shape index (κ2) is 9.12. The number of pyridine rings is 1. The van der Waals surface area contributed by atoms with Gasteiger partial charge in [0.15, 0.2) is 0 Å². The quantitative estimate of drug-likeness (QED) is 0.490. The summed E-state index contributed by atoms with van der Waals surface area (Å²) in [5.41, 5.74) is 3.63. The van der Waals surface area contributed by atoms with E-state index >= 15 is 0 Å². The highest BCUT2D eigenvalue weighted by Crippen LogP contribution is 2.36. The van der Waals surface area contributed by atoms with Crippen molar-refractivity contribution in [1.82, 2.24) is 4.98 Å². The number of aromatic nitrogens is 1. The summed E-state index contributed by atoms with van der Waals surface area (Å²) in [4.78, 5) is 29.2. The molecule has 28 heavy (non-hydrogen) atoms. The van der Waals surface area contributed by atoms with Gasteiger partial charge in [-0.3, -0.25) is 9.78 Å². The minimum absolute atomic E-state index is 0.256. The van der Waals surface area contributed by atoms with Crippen molar-refractivity contribution in [3.8, 4) is 11.1 Å². The fourth-order valence-electron chi connectivity index (χ4n) is 2.70. The van der Waals surface area contributed by atoms with Crippen molar-refractivity contribution in [3.05, 3.63) is 69.3 Å². The lowest BCUT2D eigenvalue weighted by atomic mass is 10.0. The van der Waals surface area contributed by atoms with Gasteiger partial charge in [-0.15, -0.1) is 11.3 Å². The normalized spacial score (nSPS) is 10.5. The Labute approximate surface area is 175 Å². The van der Waals surface area contributed by atoms with Crippen LogP contribution in [0.2, 0.25) is 0 Å². The number of hydrogen-bond acceptors (Lipinski definition) is 5. The smallest absolute Gasteiger partial charge is 0.341 e. The Hall–Kier alpha value is -2.51. The molecule has 0 atom stereocenters. The average Bonchev–Trinajstić information content (AvgIpc) is 3.11. The summed E-state index contributed by atoms with van der Waals surface area (Å²) in [7, 11) is 0. The summed E-state index contributed by atoms with van der Waals surface area (Å²) in [6.07, 6.45) is 4.02. The van der Waals surface area contributed by atoms with Gasteiger partial charge in [0.1, 0.15) is 10.6 Å². The molecule has 0 fully saturated rings. The van der Waals surface area contributed by atoms with E-state index in [1.54, 1.807) is 19.2 Å². The molecule has 1 aromatic carbocycles. The van der Waals surface area contributed by atoms with Crippen LogP contribution in [0.4, 0.5) is 5.00 Å². The van der Waals surface area contributed by atoms with E-state index in [9.17, 15) is 9.59 Å². The maximum Gasteiger partial charge on any atom is 0.341 e. The van der Waals surface area contributed by atoms with E-state index in [4.69, 9.17) is 4.74 Å². The summed E-state index contributed by atoms with van der Waals surface area (Å²) >= 11 is 4.60. The minimum Gasteiger partial charge on any atom is -0.462 e. The number of aryl methyl sites for hydroxylation is 1. The zero-order valence-corrected chi connectivity index (χ0v) is 17.9. The van der Waals surface area contributed by atoms with Crippen molar-refractivity contribution in [3.63, 3.8) is 0 Å². The molecule has 0 bridgehead atoms. The lowest BCUT2D eigenvalue weighted by Gasteiger charge is -2.09. The molecular weight excluding hydrogens is 440 g/mol. The first-order valence-electron chi connectivity index (χ1n) is 8.83. The van der Waals surface area contributed by atoms with Crippen molar-refractivity contribution in [2.45, 2.75) is 20.3 Å². The predicted octanol–water partition coefficient (Wildman–Crippen LogP) is 5.56. The average molecular weight is 459 g/mol. The summed E-state index contributed by atoms with van der Waals surface area (Å²) in [6, 6.07) is 9.70. The van der Waals surface area contributed by atoms with Crippen molar-refractivity contribution in [1.29, 1.82) is 0 Å². The molecule has 144 valence electrons. The Morgan fingerprint density at radius 2 is 1.93 bits per heavy atom. The Morgan fingerprint density at radius 1 is 1.18 bits per heavy atom. The molecule has 0 aliphatic carbocycles. The topological polar surface area (TPSA) is 68.3 Å². The summed E-state index contributed by atoms with van der Waals surface area (Å²) < 4.78 is 5.94. The van der Waals surface area contributed by atoms with Crippen LogP contribution in [0.3, 0.4) is 0 Å². The highest BCUT2D eigenvalue weighted by molar-refractivity contribution is 9.10. The van der Waals surface area contributed by atoms with Crippen LogP contribution < -0.4 is 5.32 Å². The second-order valence-electron chi connectivity index (χ2n) is 5.97. The number of amides is 1. The van der Waals surface area contributed by atoms with Crippen LogP contribution in [0.15, 0.2) is 52.6 Å². The molecule has 3 aromatic rings. The molecular formula is C21H19BrN2O3S. The molecule has 2 aromatic heterocycles. The Bertz CT molecular complexity index is 999. The van der Waals surface area contributed by atoms with E-state index < -0.39 is 5.97 Å². The van der Waals surface area contributed by atoms with Gasteiger partial charge in [0.25, 0.3) is 5.91 Å². The van der Waals surface area contributed by atoms with E-state index in [1.165, 1.54) is 23.1 Å². The highest BCUT2D eigenvalue weighted by Gasteiger charge is 2.23. The maximum absolute atomic E-state index is 12.6. The standard InChI is InChI=1S/C21H19BrN2O3S/c1-3-13-5-7-14(8-6-13)17-12-28-20(18(17)21(26)27-4-2)24-19(25)15-9-16(22)11-23-10-15/h5-12H,3-4H2,1-2H3,(H,24,25). The zero-order valence-electron chi connectivity index (χ0n) is 15.5.